The summed E-state index contributed by atoms with van der Waals surface area (Å²) < 4.78 is 0. The number of hydrogen-bond acceptors (Lipinski definition) is 2. The molecule has 0 aromatic carbocycles. The van der Waals surface area contributed by atoms with Gasteiger partial charge in [-0.05, 0) is 26.2 Å². The Morgan fingerprint density at radius 1 is 1.50 bits per heavy atom. The number of nitrogens with one attached hydrogen (secondary N) is 1. The fraction of sp³-hybridized carbons (Fsp3) is 0.909. The lowest BCUT2D eigenvalue weighted by Gasteiger charge is -2.28. The number of nitrogens with zero attached hydrogens (tertiary/aromatic N) is 1. The molecular weight excluding hydrogens is 192 g/mol. The molecule has 0 amide bonds. The van der Waals surface area contributed by atoms with E-state index in [1.54, 1.807) is 0 Å². The van der Waals surface area contributed by atoms with Crippen LogP contribution in [0, 0.1) is 5.92 Å². The molecule has 0 radical (unpaired) electrons. The van der Waals surface area contributed by atoms with Crippen molar-refractivity contribution in [1.29, 1.82) is 0 Å². The second kappa shape index (κ2) is 4.56. The van der Waals surface area contributed by atoms with Crippen LogP contribution in [-0.2, 0) is 0 Å². The highest BCUT2D eigenvalue weighted by Gasteiger charge is 2.35. The molecule has 1 aliphatic heterocycles. The lowest BCUT2D eigenvalue weighted by molar-refractivity contribution is 0.349. The SMILES string of the molecule is CCC(C)N=C1NC(C)(C(C)C)CS1. The summed E-state index contributed by atoms with van der Waals surface area (Å²) in [6, 6.07) is 0.444. The van der Waals surface area contributed by atoms with E-state index in [1.807, 2.05) is 11.8 Å². The molecule has 14 heavy (non-hydrogen) atoms. The molecule has 0 spiro atoms. The Kier molecular flexibility index (Phi) is 3.87. The fourth-order valence-electron chi connectivity index (χ4n) is 1.21. The van der Waals surface area contributed by atoms with Crippen molar-refractivity contribution in [2.24, 2.45) is 10.9 Å². The number of amidine groups is 1. The Bertz CT molecular complexity index is 225. The Morgan fingerprint density at radius 2 is 2.14 bits per heavy atom. The summed E-state index contributed by atoms with van der Waals surface area (Å²) in [5, 5.41) is 4.68. The second-order valence-electron chi connectivity index (χ2n) is 4.68. The first-order valence-electron chi connectivity index (χ1n) is 5.46. The van der Waals surface area contributed by atoms with Gasteiger partial charge in [0.2, 0.25) is 0 Å². The zero-order chi connectivity index (χ0) is 10.8. The highest BCUT2D eigenvalue weighted by Crippen LogP contribution is 2.29. The summed E-state index contributed by atoms with van der Waals surface area (Å²) in [6.45, 7) is 11.2. The van der Waals surface area contributed by atoms with E-state index < -0.39 is 0 Å². The van der Waals surface area contributed by atoms with Gasteiger partial charge in [0.05, 0.1) is 0 Å². The topological polar surface area (TPSA) is 24.4 Å². The molecule has 1 aliphatic rings. The van der Waals surface area contributed by atoms with Crippen LogP contribution in [-0.4, -0.2) is 22.5 Å². The molecule has 1 saturated heterocycles. The smallest absolute Gasteiger partial charge is 0.157 e. The van der Waals surface area contributed by atoms with Crippen molar-refractivity contribution in [3.63, 3.8) is 0 Å². The maximum Gasteiger partial charge on any atom is 0.157 e. The third-order valence-electron chi connectivity index (χ3n) is 3.10. The van der Waals surface area contributed by atoms with Gasteiger partial charge in [-0.2, -0.15) is 0 Å². The third kappa shape index (κ3) is 2.66. The molecule has 2 nitrogen and oxygen atoms in total. The highest BCUT2D eigenvalue weighted by atomic mass is 32.2. The van der Waals surface area contributed by atoms with Crippen molar-refractivity contribution in [3.8, 4) is 0 Å². The van der Waals surface area contributed by atoms with E-state index in [0.29, 0.717) is 12.0 Å². The first-order chi connectivity index (χ1) is 6.48. The largest absolute Gasteiger partial charge is 0.359 e. The standard InChI is InChI=1S/C11H22N2S/c1-6-9(4)12-10-13-11(5,7-14-10)8(2)3/h8-9H,6-7H2,1-5H3,(H,12,13). The van der Waals surface area contributed by atoms with Crippen LogP contribution in [0.4, 0.5) is 0 Å². The molecule has 1 heterocycles. The van der Waals surface area contributed by atoms with Crippen LogP contribution >= 0.6 is 11.8 Å². The molecule has 1 N–H and O–H groups in total. The molecule has 82 valence electrons. The molecule has 2 unspecified atom stereocenters. The van der Waals surface area contributed by atoms with Crippen LogP contribution in [0.2, 0.25) is 0 Å². The van der Waals surface area contributed by atoms with E-state index in [0.717, 1.165) is 17.3 Å². The minimum atomic E-state index is 0.233. The Balaban J connectivity index is 2.61. The van der Waals surface area contributed by atoms with Crippen molar-refractivity contribution >= 4 is 16.9 Å². The fourth-order valence-corrected chi connectivity index (χ4v) is 2.61. The normalized spacial score (nSPS) is 32.3. The van der Waals surface area contributed by atoms with E-state index in [2.05, 4.69) is 44.9 Å². The summed E-state index contributed by atoms with van der Waals surface area (Å²) in [6.07, 6.45) is 1.12. The molecule has 0 aromatic rings. The lowest BCUT2D eigenvalue weighted by atomic mass is 9.91. The first-order valence-corrected chi connectivity index (χ1v) is 6.45. The van der Waals surface area contributed by atoms with Gasteiger partial charge in [-0.15, -0.1) is 0 Å². The predicted molar refractivity (Wildman–Crippen MR) is 66.0 cm³/mol. The molecule has 1 rings (SSSR count). The van der Waals surface area contributed by atoms with Crippen molar-refractivity contribution in [3.05, 3.63) is 0 Å². The van der Waals surface area contributed by atoms with Gasteiger partial charge in [0.25, 0.3) is 0 Å². The van der Waals surface area contributed by atoms with Crippen molar-refractivity contribution in [2.75, 3.05) is 5.75 Å². The molecule has 0 aromatic heterocycles. The van der Waals surface area contributed by atoms with Gasteiger partial charge in [-0.1, -0.05) is 32.5 Å². The average molecular weight is 214 g/mol. The van der Waals surface area contributed by atoms with Gasteiger partial charge in [-0.3, -0.25) is 4.99 Å². The predicted octanol–water partition coefficient (Wildman–Crippen LogP) is 2.89. The van der Waals surface area contributed by atoms with E-state index in [9.17, 15) is 0 Å². The van der Waals surface area contributed by atoms with Gasteiger partial charge < -0.3 is 5.32 Å². The summed E-state index contributed by atoms with van der Waals surface area (Å²) >= 11 is 1.86. The number of aliphatic imine (C=N–C) groups is 1. The lowest BCUT2D eigenvalue weighted by Crippen LogP contribution is -2.45. The van der Waals surface area contributed by atoms with Crippen LogP contribution in [0.3, 0.4) is 0 Å². The number of thioether (sulfide) groups is 1. The van der Waals surface area contributed by atoms with E-state index in [-0.39, 0.29) is 5.54 Å². The third-order valence-corrected chi connectivity index (χ3v) is 4.33. The molecule has 0 aliphatic carbocycles. The van der Waals surface area contributed by atoms with Crippen LogP contribution in [0.25, 0.3) is 0 Å². The summed E-state index contributed by atoms with van der Waals surface area (Å²) in [5.74, 6) is 1.79. The molecule has 2 atom stereocenters. The van der Waals surface area contributed by atoms with E-state index >= 15 is 0 Å². The average Bonchev–Trinajstić information content (AvgIpc) is 2.49. The maximum absolute atomic E-state index is 4.64. The van der Waals surface area contributed by atoms with Crippen LogP contribution < -0.4 is 5.32 Å². The van der Waals surface area contributed by atoms with Gasteiger partial charge in [0.15, 0.2) is 5.17 Å². The van der Waals surface area contributed by atoms with E-state index in [1.165, 1.54) is 0 Å². The van der Waals surface area contributed by atoms with E-state index in [4.69, 9.17) is 0 Å². The minimum Gasteiger partial charge on any atom is -0.359 e. The van der Waals surface area contributed by atoms with Gasteiger partial charge in [0, 0.05) is 17.3 Å². The van der Waals surface area contributed by atoms with Crippen LogP contribution in [0.1, 0.15) is 41.0 Å². The molecule has 3 heteroatoms. The quantitative estimate of drug-likeness (QED) is 0.781. The van der Waals surface area contributed by atoms with Gasteiger partial charge >= 0.3 is 0 Å². The summed E-state index contributed by atoms with van der Waals surface area (Å²) in [5.41, 5.74) is 0.233. The molecular formula is C11H22N2S. The first kappa shape index (κ1) is 11.9. The van der Waals surface area contributed by atoms with Crippen LogP contribution in [0.15, 0.2) is 4.99 Å². The van der Waals surface area contributed by atoms with Crippen molar-refractivity contribution in [1.82, 2.24) is 5.32 Å². The molecule has 1 fully saturated rings. The molecule has 0 bridgehead atoms. The summed E-state index contributed by atoms with van der Waals surface area (Å²) in [4.78, 5) is 4.64. The van der Waals surface area contributed by atoms with Gasteiger partial charge in [0.1, 0.15) is 0 Å². The van der Waals surface area contributed by atoms with Crippen molar-refractivity contribution < 1.29 is 0 Å². The number of hydrogen-bond donors (Lipinski definition) is 1. The second-order valence-corrected chi connectivity index (χ2v) is 5.64. The zero-order valence-electron chi connectivity index (χ0n) is 9.92. The Morgan fingerprint density at radius 3 is 2.57 bits per heavy atom. The summed E-state index contributed by atoms with van der Waals surface area (Å²) in [7, 11) is 0. The number of rotatable bonds is 3. The van der Waals surface area contributed by atoms with Crippen molar-refractivity contribution in [2.45, 2.75) is 52.6 Å². The maximum atomic E-state index is 4.64. The highest BCUT2D eigenvalue weighted by molar-refractivity contribution is 8.14. The Labute approximate surface area is 92.0 Å². The van der Waals surface area contributed by atoms with Gasteiger partial charge in [-0.25, -0.2) is 0 Å². The zero-order valence-corrected chi connectivity index (χ0v) is 10.7. The monoisotopic (exact) mass is 214 g/mol. The van der Waals surface area contributed by atoms with Crippen LogP contribution in [0.5, 0.6) is 0 Å². The minimum absolute atomic E-state index is 0.233. The molecule has 0 saturated carbocycles. The Hall–Kier alpha value is -0.180.